The van der Waals surface area contributed by atoms with E-state index >= 15 is 0 Å². The molecule has 1 heterocycles. The quantitative estimate of drug-likeness (QED) is 0.588. The van der Waals surface area contributed by atoms with Crippen molar-refractivity contribution >= 4 is 24.2 Å². The number of H-pyrrole nitrogens is 1. The van der Waals surface area contributed by atoms with Crippen molar-refractivity contribution in [1.29, 1.82) is 0 Å². The van der Waals surface area contributed by atoms with Gasteiger partial charge in [0.1, 0.15) is 0 Å². The molecule has 0 fully saturated rings. The van der Waals surface area contributed by atoms with Crippen LogP contribution in [0.25, 0.3) is 0 Å². The molecule has 0 unspecified atom stereocenters. The molecule has 6 heteroatoms. The molecule has 0 aliphatic rings. The van der Waals surface area contributed by atoms with Gasteiger partial charge < -0.3 is 0 Å². The first-order valence-corrected chi connectivity index (χ1v) is 3.48. The van der Waals surface area contributed by atoms with Gasteiger partial charge in [0.2, 0.25) is 4.77 Å². The van der Waals surface area contributed by atoms with Crippen LogP contribution in [0.1, 0.15) is 0 Å². The summed E-state index contributed by atoms with van der Waals surface area (Å²) in [5.41, 5.74) is 0. The van der Waals surface area contributed by atoms with Gasteiger partial charge in [-0.3, -0.25) is 0 Å². The van der Waals surface area contributed by atoms with Crippen molar-refractivity contribution in [3.8, 4) is 0 Å². The Labute approximate surface area is 55.4 Å². The average Bonchev–Trinajstić information content (AvgIpc) is 2.14. The first-order valence-electron chi connectivity index (χ1n) is 1.89. The first kappa shape index (κ1) is 5.77. The smallest absolute Gasteiger partial charge is 0.236 e. The topological polar surface area (TPSA) is 46.5 Å². The van der Waals surface area contributed by atoms with Gasteiger partial charge in [0.15, 0.2) is 0 Å². The predicted octanol–water partition coefficient (Wildman–Crippen LogP) is 0.462. The number of tetrazole rings is 1. The predicted molar refractivity (Wildman–Crippen MR) is 34.1 cm³/mol. The Balaban J connectivity index is 3.01. The van der Waals surface area contributed by atoms with Gasteiger partial charge in [-0.1, -0.05) is 5.10 Å². The number of aromatic amines is 1. The standard InChI is InChI=1S/C2H4N4S2/c1-8-6-4-2(7)3-5-6/h1H3,(H,4,7). The first-order chi connectivity index (χ1) is 3.83. The fourth-order valence-electron chi connectivity index (χ4n) is 0.290. The van der Waals surface area contributed by atoms with Gasteiger partial charge in [-0.2, -0.15) is 0 Å². The van der Waals surface area contributed by atoms with Gasteiger partial charge in [-0.25, -0.2) is 5.10 Å². The molecule has 4 nitrogen and oxygen atoms in total. The van der Waals surface area contributed by atoms with Crippen molar-refractivity contribution in [3.63, 3.8) is 0 Å². The molecule has 8 heavy (non-hydrogen) atoms. The van der Waals surface area contributed by atoms with Crippen LogP contribution in [0.3, 0.4) is 0 Å². The fourth-order valence-corrected chi connectivity index (χ4v) is 0.758. The van der Waals surface area contributed by atoms with Gasteiger partial charge in [-0.05, 0) is 29.4 Å². The molecule has 0 radical (unpaired) electrons. The van der Waals surface area contributed by atoms with Crippen molar-refractivity contribution < 1.29 is 0 Å². The third-order valence-electron chi connectivity index (χ3n) is 0.581. The highest BCUT2D eigenvalue weighted by atomic mass is 32.2. The summed E-state index contributed by atoms with van der Waals surface area (Å²) in [6.07, 6.45) is 1.87. The summed E-state index contributed by atoms with van der Waals surface area (Å²) in [5, 5.41) is 9.84. The van der Waals surface area contributed by atoms with Crippen molar-refractivity contribution in [2.45, 2.75) is 0 Å². The Morgan fingerprint density at radius 3 is 2.88 bits per heavy atom. The van der Waals surface area contributed by atoms with Crippen LogP contribution in [0.5, 0.6) is 0 Å². The van der Waals surface area contributed by atoms with Crippen LogP contribution in [0, 0.1) is 4.77 Å². The Kier molecular flexibility index (Phi) is 1.64. The highest BCUT2D eigenvalue weighted by Crippen LogP contribution is 1.89. The van der Waals surface area contributed by atoms with E-state index in [9.17, 15) is 0 Å². The summed E-state index contributed by atoms with van der Waals surface area (Å²) in [6, 6.07) is 0. The van der Waals surface area contributed by atoms with E-state index in [1.807, 2.05) is 6.26 Å². The summed E-state index contributed by atoms with van der Waals surface area (Å²) >= 11 is 6.05. The van der Waals surface area contributed by atoms with E-state index in [1.54, 1.807) is 0 Å². The number of hydrogen-bond acceptors (Lipinski definition) is 4. The second-order valence-electron chi connectivity index (χ2n) is 1.06. The van der Waals surface area contributed by atoms with Crippen molar-refractivity contribution in [3.05, 3.63) is 4.77 Å². The van der Waals surface area contributed by atoms with Gasteiger partial charge in [0.05, 0.1) is 0 Å². The summed E-state index contributed by atoms with van der Waals surface area (Å²) in [6.45, 7) is 0. The summed E-state index contributed by atoms with van der Waals surface area (Å²) in [5.74, 6) is 0. The summed E-state index contributed by atoms with van der Waals surface area (Å²) in [7, 11) is 0. The number of aromatic nitrogens is 4. The van der Waals surface area contributed by atoms with Gasteiger partial charge in [0, 0.05) is 6.26 Å². The van der Waals surface area contributed by atoms with Crippen LogP contribution in [-0.2, 0) is 0 Å². The zero-order valence-corrected chi connectivity index (χ0v) is 5.79. The Bertz CT molecular complexity index is 212. The minimum atomic E-state index is 0.416. The molecular formula is C2H4N4S2. The molecule has 1 aromatic heterocycles. The minimum Gasteiger partial charge on any atom is -0.243 e. The van der Waals surface area contributed by atoms with Crippen molar-refractivity contribution in [1.82, 2.24) is 19.6 Å². The second kappa shape index (κ2) is 2.27. The van der Waals surface area contributed by atoms with E-state index in [2.05, 4.69) is 27.6 Å². The van der Waals surface area contributed by atoms with E-state index < -0.39 is 0 Å². The van der Waals surface area contributed by atoms with Gasteiger partial charge >= 0.3 is 0 Å². The van der Waals surface area contributed by atoms with Crippen molar-refractivity contribution in [2.75, 3.05) is 6.26 Å². The lowest BCUT2D eigenvalue weighted by Crippen LogP contribution is -1.88. The monoisotopic (exact) mass is 148 g/mol. The molecular weight excluding hydrogens is 144 g/mol. The molecule has 0 saturated carbocycles. The second-order valence-corrected chi connectivity index (χ2v) is 2.16. The normalized spacial score (nSPS) is 9.62. The molecule has 0 spiro atoms. The number of nitrogens with zero attached hydrogens (tertiary/aromatic N) is 3. The molecule has 1 N–H and O–H groups in total. The molecule has 0 atom stereocenters. The van der Waals surface area contributed by atoms with E-state index in [0.29, 0.717) is 4.77 Å². The van der Waals surface area contributed by atoms with Crippen molar-refractivity contribution in [2.24, 2.45) is 0 Å². The molecule has 0 amide bonds. The van der Waals surface area contributed by atoms with Gasteiger partial charge in [0.25, 0.3) is 0 Å². The van der Waals surface area contributed by atoms with Gasteiger partial charge in [-0.15, -0.1) is 4.20 Å². The maximum Gasteiger partial charge on any atom is 0.236 e. The Morgan fingerprint density at radius 2 is 2.62 bits per heavy atom. The minimum absolute atomic E-state index is 0.416. The lowest BCUT2D eigenvalue weighted by Gasteiger charge is -1.83. The number of hydrogen-bond donors (Lipinski definition) is 1. The lowest BCUT2D eigenvalue weighted by molar-refractivity contribution is 0.819. The third kappa shape index (κ3) is 1.07. The van der Waals surface area contributed by atoms with E-state index in [-0.39, 0.29) is 0 Å². The summed E-state index contributed by atoms with van der Waals surface area (Å²) in [4.78, 5) is 0. The zero-order valence-electron chi connectivity index (χ0n) is 4.16. The van der Waals surface area contributed by atoms with E-state index in [1.165, 1.54) is 16.1 Å². The van der Waals surface area contributed by atoms with Crippen LogP contribution < -0.4 is 0 Å². The molecule has 0 saturated heterocycles. The molecule has 0 aliphatic carbocycles. The summed E-state index contributed by atoms with van der Waals surface area (Å²) < 4.78 is 1.90. The third-order valence-corrected chi connectivity index (χ3v) is 1.26. The average molecular weight is 148 g/mol. The van der Waals surface area contributed by atoms with E-state index in [4.69, 9.17) is 0 Å². The molecule has 0 aliphatic heterocycles. The van der Waals surface area contributed by atoms with E-state index in [0.717, 1.165) is 0 Å². The molecule has 44 valence electrons. The molecule has 1 aromatic rings. The SMILES string of the molecule is CSn1nnc(=S)[nH]1. The largest absolute Gasteiger partial charge is 0.243 e. The Hall–Kier alpha value is -0.360. The number of rotatable bonds is 1. The van der Waals surface area contributed by atoms with Crippen LogP contribution in [0.2, 0.25) is 0 Å². The molecule has 0 aromatic carbocycles. The number of nitrogens with one attached hydrogen (secondary N) is 1. The maximum atomic E-state index is 4.64. The highest BCUT2D eigenvalue weighted by Gasteiger charge is 1.84. The zero-order chi connectivity index (χ0) is 5.98. The fraction of sp³-hybridized carbons (Fsp3) is 0.500. The maximum absolute atomic E-state index is 4.64. The van der Waals surface area contributed by atoms with Crippen LogP contribution in [0.15, 0.2) is 0 Å². The van der Waals surface area contributed by atoms with Crippen LogP contribution in [0.4, 0.5) is 0 Å². The van der Waals surface area contributed by atoms with Crippen LogP contribution >= 0.6 is 24.2 Å². The van der Waals surface area contributed by atoms with Crippen LogP contribution in [-0.4, -0.2) is 25.9 Å². The molecule has 1 rings (SSSR count). The Morgan fingerprint density at radius 1 is 1.88 bits per heavy atom. The lowest BCUT2D eigenvalue weighted by atomic mass is 11.4. The molecule has 0 bridgehead atoms. The highest BCUT2D eigenvalue weighted by molar-refractivity contribution is 7.96.